The van der Waals surface area contributed by atoms with Gasteiger partial charge in [0.15, 0.2) is 0 Å². The van der Waals surface area contributed by atoms with Gasteiger partial charge in [0.25, 0.3) is 5.91 Å². The van der Waals surface area contributed by atoms with Crippen LogP contribution in [0.1, 0.15) is 23.2 Å². The van der Waals surface area contributed by atoms with E-state index in [0.717, 1.165) is 13.0 Å². The predicted molar refractivity (Wildman–Crippen MR) is 91.5 cm³/mol. The van der Waals surface area contributed by atoms with Crippen LogP contribution in [0.15, 0.2) is 42.6 Å². The molecule has 0 radical (unpaired) electrons. The second kappa shape index (κ2) is 6.42. The number of piperidine rings is 1. The van der Waals surface area contributed by atoms with E-state index in [-0.39, 0.29) is 5.91 Å². The standard InChI is InChI=1S/C18H18ClN3O2/c19-17-9-15(5-6-20-17)24-14-3-1-11(2-4-14)18(23)22-16-8-13-7-12(16)10-21-13/h1-6,9,12-13,16,21H,7-8,10H2,(H,22,23). The van der Waals surface area contributed by atoms with Crippen LogP contribution in [0.3, 0.4) is 0 Å². The van der Waals surface area contributed by atoms with Crippen LogP contribution in [0.4, 0.5) is 0 Å². The van der Waals surface area contributed by atoms with Crippen LogP contribution in [-0.4, -0.2) is 29.5 Å². The van der Waals surface area contributed by atoms with Crippen molar-refractivity contribution in [1.82, 2.24) is 15.6 Å². The summed E-state index contributed by atoms with van der Waals surface area (Å²) in [6.07, 6.45) is 3.79. The van der Waals surface area contributed by atoms with Gasteiger partial charge in [0, 0.05) is 36.5 Å². The van der Waals surface area contributed by atoms with Crippen molar-refractivity contribution >= 4 is 17.5 Å². The Morgan fingerprint density at radius 3 is 2.71 bits per heavy atom. The highest BCUT2D eigenvalue weighted by atomic mass is 35.5. The summed E-state index contributed by atoms with van der Waals surface area (Å²) < 4.78 is 5.70. The Kier molecular flexibility index (Phi) is 4.12. The molecule has 1 aromatic heterocycles. The van der Waals surface area contributed by atoms with E-state index in [4.69, 9.17) is 16.3 Å². The molecule has 5 nitrogen and oxygen atoms in total. The first-order valence-corrected chi connectivity index (χ1v) is 8.49. The summed E-state index contributed by atoms with van der Waals surface area (Å²) in [6.45, 7) is 1.01. The number of halogens is 1. The molecule has 6 heteroatoms. The fourth-order valence-electron chi connectivity index (χ4n) is 3.52. The number of aromatic nitrogens is 1. The number of benzene rings is 1. The van der Waals surface area contributed by atoms with E-state index in [2.05, 4.69) is 15.6 Å². The number of fused-ring (bicyclic) bond motifs is 2. The van der Waals surface area contributed by atoms with Crippen molar-refractivity contribution in [2.75, 3.05) is 6.54 Å². The number of ether oxygens (including phenoxy) is 1. The van der Waals surface area contributed by atoms with E-state index in [0.29, 0.717) is 40.2 Å². The summed E-state index contributed by atoms with van der Waals surface area (Å²) in [5.74, 6) is 1.81. The van der Waals surface area contributed by atoms with Crippen LogP contribution >= 0.6 is 11.6 Å². The van der Waals surface area contributed by atoms with Gasteiger partial charge < -0.3 is 15.4 Å². The summed E-state index contributed by atoms with van der Waals surface area (Å²) in [5.41, 5.74) is 0.644. The number of carbonyl (C=O) groups is 1. The fraction of sp³-hybridized carbons (Fsp3) is 0.333. The van der Waals surface area contributed by atoms with Crippen LogP contribution in [0.2, 0.25) is 5.15 Å². The van der Waals surface area contributed by atoms with E-state index in [1.54, 1.807) is 42.6 Å². The van der Waals surface area contributed by atoms with Gasteiger partial charge in [-0.1, -0.05) is 11.6 Å². The minimum Gasteiger partial charge on any atom is -0.457 e. The Bertz CT molecular complexity index is 750. The SMILES string of the molecule is O=C(NC1CC2CC1CN2)c1ccc(Oc2ccnc(Cl)c2)cc1. The van der Waals surface area contributed by atoms with E-state index >= 15 is 0 Å². The lowest BCUT2D eigenvalue weighted by Crippen LogP contribution is -2.44. The van der Waals surface area contributed by atoms with Crippen LogP contribution < -0.4 is 15.4 Å². The molecular formula is C18H18ClN3O2. The molecule has 2 heterocycles. The topological polar surface area (TPSA) is 63.2 Å². The van der Waals surface area contributed by atoms with Crippen molar-refractivity contribution in [3.8, 4) is 11.5 Å². The predicted octanol–water partition coefficient (Wildman–Crippen LogP) is 3.01. The first kappa shape index (κ1) is 15.4. The summed E-state index contributed by atoms with van der Waals surface area (Å²) in [5, 5.41) is 6.99. The third-order valence-electron chi connectivity index (χ3n) is 4.73. The molecule has 2 bridgehead atoms. The van der Waals surface area contributed by atoms with Crippen molar-refractivity contribution in [3.63, 3.8) is 0 Å². The van der Waals surface area contributed by atoms with Crippen molar-refractivity contribution in [2.24, 2.45) is 5.92 Å². The average molecular weight is 344 g/mol. The van der Waals surface area contributed by atoms with Gasteiger partial charge in [0.2, 0.25) is 0 Å². The molecule has 2 aromatic rings. The maximum atomic E-state index is 12.4. The van der Waals surface area contributed by atoms with Gasteiger partial charge in [0.1, 0.15) is 16.7 Å². The lowest BCUT2D eigenvalue weighted by Gasteiger charge is -2.23. The molecular weight excluding hydrogens is 326 g/mol. The van der Waals surface area contributed by atoms with Gasteiger partial charge in [-0.25, -0.2) is 4.98 Å². The Labute approximate surface area is 145 Å². The Balaban J connectivity index is 1.39. The zero-order valence-electron chi connectivity index (χ0n) is 13.0. The highest BCUT2D eigenvalue weighted by Gasteiger charge is 2.39. The number of hydrogen-bond donors (Lipinski definition) is 2. The van der Waals surface area contributed by atoms with Crippen LogP contribution in [0.25, 0.3) is 0 Å². The smallest absolute Gasteiger partial charge is 0.251 e. The van der Waals surface area contributed by atoms with E-state index in [9.17, 15) is 4.79 Å². The summed E-state index contributed by atoms with van der Waals surface area (Å²) in [7, 11) is 0. The Morgan fingerprint density at radius 2 is 2.04 bits per heavy atom. The molecule has 1 saturated heterocycles. The highest BCUT2D eigenvalue weighted by Crippen LogP contribution is 2.31. The Hall–Kier alpha value is -2.11. The zero-order chi connectivity index (χ0) is 16.5. The molecule has 124 valence electrons. The quantitative estimate of drug-likeness (QED) is 0.838. The molecule has 24 heavy (non-hydrogen) atoms. The molecule has 2 fully saturated rings. The summed E-state index contributed by atoms with van der Waals surface area (Å²) >= 11 is 5.84. The molecule has 1 aliphatic carbocycles. The average Bonchev–Trinajstić information content (AvgIpc) is 3.18. The summed E-state index contributed by atoms with van der Waals surface area (Å²) in [4.78, 5) is 16.3. The lowest BCUT2D eigenvalue weighted by atomic mass is 10.0. The Morgan fingerprint density at radius 1 is 1.21 bits per heavy atom. The normalized spacial score (nSPS) is 24.8. The van der Waals surface area contributed by atoms with Crippen molar-refractivity contribution in [3.05, 3.63) is 53.3 Å². The number of amides is 1. The molecule has 1 saturated carbocycles. The first-order valence-electron chi connectivity index (χ1n) is 8.11. The monoisotopic (exact) mass is 343 g/mol. The van der Waals surface area contributed by atoms with Gasteiger partial charge in [-0.15, -0.1) is 0 Å². The molecule has 3 atom stereocenters. The van der Waals surface area contributed by atoms with E-state index < -0.39 is 0 Å². The highest BCUT2D eigenvalue weighted by molar-refractivity contribution is 6.29. The number of carbonyl (C=O) groups excluding carboxylic acids is 1. The first-order chi connectivity index (χ1) is 11.7. The third-order valence-corrected chi connectivity index (χ3v) is 4.94. The van der Waals surface area contributed by atoms with Gasteiger partial charge >= 0.3 is 0 Å². The molecule has 0 spiro atoms. The van der Waals surface area contributed by atoms with Gasteiger partial charge in [0.05, 0.1) is 0 Å². The maximum absolute atomic E-state index is 12.4. The minimum atomic E-state index is -0.0222. The number of rotatable bonds is 4. The maximum Gasteiger partial charge on any atom is 0.251 e. The van der Waals surface area contributed by atoms with Crippen LogP contribution in [0.5, 0.6) is 11.5 Å². The minimum absolute atomic E-state index is 0.0222. The number of hydrogen-bond acceptors (Lipinski definition) is 4. The molecule has 4 rings (SSSR count). The largest absolute Gasteiger partial charge is 0.457 e. The van der Waals surface area contributed by atoms with Crippen LogP contribution in [-0.2, 0) is 0 Å². The van der Waals surface area contributed by atoms with E-state index in [1.165, 1.54) is 6.42 Å². The number of nitrogens with one attached hydrogen (secondary N) is 2. The van der Waals surface area contributed by atoms with Crippen molar-refractivity contribution < 1.29 is 9.53 Å². The fourth-order valence-corrected chi connectivity index (χ4v) is 3.69. The summed E-state index contributed by atoms with van der Waals surface area (Å²) in [6, 6.07) is 11.4. The van der Waals surface area contributed by atoms with Gasteiger partial charge in [-0.3, -0.25) is 4.79 Å². The van der Waals surface area contributed by atoms with Crippen LogP contribution in [0, 0.1) is 5.92 Å². The molecule has 1 aliphatic heterocycles. The second-order valence-corrected chi connectivity index (χ2v) is 6.74. The number of pyridine rings is 1. The van der Waals surface area contributed by atoms with Gasteiger partial charge in [-0.05, 0) is 49.1 Å². The van der Waals surface area contributed by atoms with Crippen molar-refractivity contribution in [2.45, 2.75) is 24.9 Å². The lowest BCUT2D eigenvalue weighted by molar-refractivity contribution is 0.0925. The second-order valence-electron chi connectivity index (χ2n) is 6.36. The number of nitrogens with zero attached hydrogens (tertiary/aromatic N) is 1. The van der Waals surface area contributed by atoms with E-state index in [1.807, 2.05) is 0 Å². The van der Waals surface area contributed by atoms with Crippen molar-refractivity contribution in [1.29, 1.82) is 0 Å². The molecule has 2 aliphatic rings. The van der Waals surface area contributed by atoms with Gasteiger partial charge in [-0.2, -0.15) is 0 Å². The molecule has 1 amide bonds. The molecule has 2 N–H and O–H groups in total. The zero-order valence-corrected chi connectivity index (χ0v) is 13.8. The third kappa shape index (κ3) is 3.23. The molecule has 3 unspecified atom stereocenters. The molecule has 1 aromatic carbocycles.